The third-order valence-corrected chi connectivity index (χ3v) is 2.43. The van der Waals surface area contributed by atoms with Crippen molar-refractivity contribution in [2.24, 2.45) is 5.73 Å². The highest BCUT2D eigenvalue weighted by Crippen LogP contribution is 2.22. The summed E-state index contributed by atoms with van der Waals surface area (Å²) in [6.45, 7) is 4.05. The van der Waals surface area contributed by atoms with E-state index in [1.165, 1.54) is 17.1 Å². The van der Waals surface area contributed by atoms with Gasteiger partial charge in [0.15, 0.2) is 0 Å². The molecule has 2 N–H and O–H groups in total. The molecule has 1 atom stereocenters. The van der Waals surface area contributed by atoms with Gasteiger partial charge in [0.05, 0.1) is 13.2 Å². The van der Waals surface area contributed by atoms with E-state index in [0.717, 1.165) is 4.88 Å². The molecule has 0 aliphatic heterocycles. The van der Waals surface area contributed by atoms with E-state index in [9.17, 15) is 0 Å². The Morgan fingerprint density at radius 2 is 2.38 bits per heavy atom. The zero-order chi connectivity index (χ0) is 9.84. The average molecular weight is 198 g/mol. The Morgan fingerprint density at radius 3 is 2.85 bits per heavy atom. The first-order valence-electron chi connectivity index (χ1n) is 4.04. The standard InChI is InChI=1S/C9H14N2OS/c1-6(2)4-7(10)8-5-9(12-3)11-13-8/h4-5,7H,10H2,1-3H3. The van der Waals surface area contributed by atoms with Crippen LogP contribution >= 0.6 is 11.5 Å². The first-order chi connectivity index (χ1) is 6.13. The van der Waals surface area contributed by atoms with Crippen molar-refractivity contribution < 1.29 is 4.74 Å². The molecule has 0 amide bonds. The molecule has 0 spiro atoms. The number of allylic oxidation sites excluding steroid dienone is 1. The molecular weight excluding hydrogens is 184 g/mol. The summed E-state index contributed by atoms with van der Waals surface area (Å²) in [5.74, 6) is 0.637. The first-order valence-corrected chi connectivity index (χ1v) is 4.82. The number of nitrogens with zero attached hydrogens (tertiary/aromatic N) is 1. The number of ether oxygens (including phenoxy) is 1. The van der Waals surface area contributed by atoms with Crippen LogP contribution in [0.1, 0.15) is 24.8 Å². The lowest BCUT2D eigenvalue weighted by Crippen LogP contribution is -2.05. The monoisotopic (exact) mass is 198 g/mol. The molecule has 0 bridgehead atoms. The highest BCUT2D eigenvalue weighted by molar-refractivity contribution is 7.06. The fourth-order valence-corrected chi connectivity index (χ4v) is 1.63. The second kappa shape index (κ2) is 4.39. The molecule has 0 radical (unpaired) electrons. The van der Waals surface area contributed by atoms with Crippen LogP contribution in [-0.4, -0.2) is 11.5 Å². The molecule has 1 unspecified atom stereocenters. The van der Waals surface area contributed by atoms with E-state index in [4.69, 9.17) is 10.5 Å². The Labute approximate surface area is 82.4 Å². The summed E-state index contributed by atoms with van der Waals surface area (Å²) in [5, 5.41) is 0. The van der Waals surface area contributed by atoms with Gasteiger partial charge in [0, 0.05) is 10.9 Å². The number of rotatable bonds is 3. The van der Waals surface area contributed by atoms with Crippen molar-refractivity contribution in [1.29, 1.82) is 0 Å². The molecule has 0 saturated carbocycles. The normalized spacial score (nSPS) is 12.3. The van der Waals surface area contributed by atoms with E-state index >= 15 is 0 Å². The Kier molecular flexibility index (Phi) is 3.45. The maximum Gasteiger partial charge on any atom is 0.225 e. The van der Waals surface area contributed by atoms with E-state index in [1.54, 1.807) is 7.11 Å². The van der Waals surface area contributed by atoms with Crippen LogP contribution in [0.4, 0.5) is 0 Å². The summed E-state index contributed by atoms with van der Waals surface area (Å²) in [6, 6.07) is 1.81. The van der Waals surface area contributed by atoms with E-state index in [0.29, 0.717) is 5.88 Å². The first kappa shape index (κ1) is 10.2. The van der Waals surface area contributed by atoms with Gasteiger partial charge >= 0.3 is 0 Å². The summed E-state index contributed by atoms with van der Waals surface area (Å²) >= 11 is 1.38. The molecule has 1 aromatic heterocycles. The van der Waals surface area contributed by atoms with Gasteiger partial charge < -0.3 is 10.5 Å². The second-order valence-corrected chi connectivity index (χ2v) is 3.88. The maximum absolute atomic E-state index is 5.90. The fraction of sp³-hybridized carbons (Fsp3) is 0.444. The van der Waals surface area contributed by atoms with Gasteiger partial charge in [-0.15, -0.1) is 0 Å². The van der Waals surface area contributed by atoms with Gasteiger partial charge in [-0.2, -0.15) is 4.37 Å². The van der Waals surface area contributed by atoms with Gasteiger partial charge in [-0.1, -0.05) is 11.6 Å². The summed E-state index contributed by atoms with van der Waals surface area (Å²) in [7, 11) is 1.60. The fourth-order valence-electron chi connectivity index (χ4n) is 0.967. The number of hydrogen-bond acceptors (Lipinski definition) is 4. The van der Waals surface area contributed by atoms with E-state index in [-0.39, 0.29) is 6.04 Å². The van der Waals surface area contributed by atoms with Crippen LogP contribution in [0.3, 0.4) is 0 Å². The van der Waals surface area contributed by atoms with Crippen molar-refractivity contribution in [3.8, 4) is 5.88 Å². The Morgan fingerprint density at radius 1 is 1.69 bits per heavy atom. The number of methoxy groups -OCH3 is 1. The highest BCUT2D eigenvalue weighted by atomic mass is 32.1. The van der Waals surface area contributed by atoms with Crippen LogP contribution in [0.5, 0.6) is 5.88 Å². The van der Waals surface area contributed by atoms with Gasteiger partial charge in [0.2, 0.25) is 5.88 Å². The zero-order valence-electron chi connectivity index (χ0n) is 8.07. The molecule has 1 rings (SSSR count). The van der Waals surface area contributed by atoms with Crippen molar-refractivity contribution in [2.75, 3.05) is 7.11 Å². The third kappa shape index (κ3) is 2.82. The van der Waals surface area contributed by atoms with Crippen molar-refractivity contribution in [1.82, 2.24) is 4.37 Å². The molecule has 13 heavy (non-hydrogen) atoms. The molecule has 1 aromatic rings. The smallest absolute Gasteiger partial charge is 0.225 e. The van der Waals surface area contributed by atoms with Crippen LogP contribution in [-0.2, 0) is 0 Å². The lowest BCUT2D eigenvalue weighted by atomic mass is 10.2. The molecule has 4 heteroatoms. The summed E-state index contributed by atoms with van der Waals surface area (Å²) in [5.41, 5.74) is 7.11. The van der Waals surface area contributed by atoms with Crippen molar-refractivity contribution in [2.45, 2.75) is 19.9 Å². The Hall–Kier alpha value is -0.870. The van der Waals surface area contributed by atoms with Gasteiger partial charge in [-0.05, 0) is 25.4 Å². The van der Waals surface area contributed by atoms with Crippen molar-refractivity contribution in [3.05, 3.63) is 22.6 Å². The minimum atomic E-state index is -0.0635. The van der Waals surface area contributed by atoms with Gasteiger partial charge in [0.25, 0.3) is 0 Å². The van der Waals surface area contributed by atoms with E-state index in [2.05, 4.69) is 4.37 Å². The largest absolute Gasteiger partial charge is 0.480 e. The zero-order valence-corrected chi connectivity index (χ0v) is 8.89. The van der Waals surface area contributed by atoms with Gasteiger partial charge in [-0.25, -0.2) is 0 Å². The van der Waals surface area contributed by atoms with Crippen LogP contribution in [0.25, 0.3) is 0 Å². The van der Waals surface area contributed by atoms with Gasteiger partial charge in [0.1, 0.15) is 0 Å². The highest BCUT2D eigenvalue weighted by Gasteiger charge is 2.07. The topological polar surface area (TPSA) is 48.1 Å². The molecule has 72 valence electrons. The molecule has 0 saturated heterocycles. The lowest BCUT2D eigenvalue weighted by molar-refractivity contribution is 0.402. The molecule has 0 aromatic carbocycles. The molecule has 1 heterocycles. The second-order valence-electron chi connectivity index (χ2n) is 3.04. The van der Waals surface area contributed by atoms with Gasteiger partial charge in [-0.3, -0.25) is 0 Å². The van der Waals surface area contributed by atoms with Crippen molar-refractivity contribution >= 4 is 11.5 Å². The molecule has 0 aliphatic carbocycles. The summed E-state index contributed by atoms with van der Waals surface area (Å²) < 4.78 is 9.05. The third-order valence-electron chi connectivity index (χ3n) is 1.56. The predicted molar refractivity (Wildman–Crippen MR) is 55.0 cm³/mol. The minimum absolute atomic E-state index is 0.0635. The molecule has 0 fully saturated rings. The van der Waals surface area contributed by atoms with E-state index in [1.807, 2.05) is 26.0 Å². The number of nitrogens with two attached hydrogens (primary N) is 1. The number of hydrogen-bond donors (Lipinski definition) is 1. The molecular formula is C9H14N2OS. The van der Waals surface area contributed by atoms with Crippen molar-refractivity contribution in [3.63, 3.8) is 0 Å². The molecule has 3 nitrogen and oxygen atoms in total. The van der Waals surface area contributed by atoms with Crippen LogP contribution in [0, 0.1) is 0 Å². The number of aromatic nitrogens is 1. The van der Waals surface area contributed by atoms with Crippen LogP contribution in [0.15, 0.2) is 17.7 Å². The Bertz CT molecular complexity index is 302. The summed E-state index contributed by atoms with van der Waals surface area (Å²) in [6.07, 6.45) is 2.01. The van der Waals surface area contributed by atoms with Crippen LogP contribution in [0.2, 0.25) is 0 Å². The predicted octanol–water partition coefficient (Wildman–Crippen LogP) is 2.12. The van der Waals surface area contributed by atoms with Crippen LogP contribution < -0.4 is 10.5 Å². The quantitative estimate of drug-likeness (QED) is 0.757. The molecule has 0 aliphatic rings. The Balaban J connectivity index is 2.77. The maximum atomic E-state index is 5.90. The average Bonchev–Trinajstić information content (AvgIpc) is 2.50. The van der Waals surface area contributed by atoms with E-state index < -0.39 is 0 Å². The lowest BCUT2D eigenvalue weighted by Gasteiger charge is -2.01. The summed E-state index contributed by atoms with van der Waals surface area (Å²) in [4.78, 5) is 1.03. The minimum Gasteiger partial charge on any atom is -0.480 e. The SMILES string of the molecule is COc1cc(C(N)C=C(C)C)sn1.